The lowest BCUT2D eigenvalue weighted by molar-refractivity contribution is -0.137. The Morgan fingerprint density at radius 3 is 2.30 bits per heavy atom. The van der Waals surface area contributed by atoms with Crippen molar-refractivity contribution in [3.8, 4) is 5.69 Å². The maximum absolute atomic E-state index is 13.2. The molecule has 2 aromatic carbocycles. The van der Waals surface area contributed by atoms with Crippen LogP contribution >= 0.6 is 0 Å². The topological polar surface area (TPSA) is 97.2 Å². The number of sulfonamides is 1. The molecule has 33 heavy (non-hydrogen) atoms. The highest BCUT2D eigenvalue weighted by Gasteiger charge is 2.34. The molecule has 0 bridgehead atoms. The van der Waals surface area contributed by atoms with Gasteiger partial charge in [-0.15, -0.1) is 5.10 Å². The average Bonchev–Trinajstić information content (AvgIpc) is 3.30. The van der Waals surface area contributed by atoms with Gasteiger partial charge in [0, 0.05) is 18.8 Å². The highest BCUT2D eigenvalue weighted by atomic mass is 32.2. The van der Waals surface area contributed by atoms with Crippen LogP contribution in [-0.2, 0) is 16.2 Å². The molecule has 4 rings (SSSR count). The Morgan fingerprint density at radius 2 is 1.64 bits per heavy atom. The number of anilines is 1. The fraction of sp³-hybridized carbons (Fsp3) is 0.286. The smallest absolute Gasteiger partial charge is 0.321 e. The molecule has 12 heteroatoms. The third-order valence-electron chi connectivity index (χ3n) is 5.25. The number of halogens is 3. The zero-order valence-corrected chi connectivity index (χ0v) is 18.1. The number of nitrogens with one attached hydrogen (secondary N) is 1. The number of benzene rings is 2. The molecule has 0 radical (unpaired) electrons. The second-order valence-electron chi connectivity index (χ2n) is 7.51. The Labute approximate surface area is 188 Å². The van der Waals surface area contributed by atoms with Crippen LogP contribution in [0.5, 0.6) is 0 Å². The molecule has 0 unspecified atom stereocenters. The van der Waals surface area contributed by atoms with Crippen molar-refractivity contribution in [1.29, 1.82) is 0 Å². The fourth-order valence-electron chi connectivity index (χ4n) is 3.56. The largest absolute Gasteiger partial charge is 0.418 e. The minimum absolute atomic E-state index is 0.122. The van der Waals surface area contributed by atoms with E-state index < -0.39 is 27.7 Å². The lowest BCUT2D eigenvalue weighted by Crippen LogP contribution is -2.35. The lowest BCUT2D eigenvalue weighted by Gasteiger charge is -2.25. The van der Waals surface area contributed by atoms with Crippen molar-refractivity contribution in [1.82, 2.24) is 19.3 Å². The summed E-state index contributed by atoms with van der Waals surface area (Å²) in [6.07, 6.45) is -0.858. The molecule has 3 aromatic rings. The number of rotatable bonds is 5. The summed E-state index contributed by atoms with van der Waals surface area (Å²) < 4.78 is 67.5. The van der Waals surface area contributed by atoms with Crippen molar-refractivity contribution in [2.45, 2.75) is 30.3 Å². The van der Waals surface area contributed by atoms with Gasteiger partial charge in [-0.2, -0.15) is 17.5 Å². The number of carbonyl (C=O) groups excluding carboxylic acids is 1. The molecule has 1 N–H and O–H groups in total. The Kier molecular flexibility index (Phi) is 6.21. The quantitative estimate of drug-likeness (QED) is 0.602. The summed E-state index contributed by atoms with van der Waals surface area (Å²) in [6.45, 7) is 0.960. The number of alkyl halides is 3. The van der Waals surface area contributed by atoms with Crippen LogP contribution in [0.25, 0.3) is 5.69 Å². The van der Waals surface area contributed by atoms with Crippen molar-refractivity contribution < 1.29 is 26.4 Å². The van der Waals surface area contributed by atoms with Gasteiger partial charge in [-0.1, -0.05) is 23.8 Å². The number of hydrogen-bond donors (Lipinski definition) is 1. The van der Waals surface area contributed by atoms with Crippen LogP contribution in [0, 0.1) is 0 Å². The summed E-state index contributed by atoms with van der Waals surface area (Å²) in [5, 5.41) is 9.84. The first kappa shape index (κ1) is 22.9. The number of carbonyl (C=O) groups is 1. The summed E-state index contributed by atoms with van der Waals surface area (Å²) in [7, 11) is -3.60. The molecule has 8 nitrogen and oxygen atoms in total. The molecule has 1 aliphatic rings. The molecule has 0 spiro atoms. The highest BCUT2D eigenvalue weighted by molar-refractivity contribution is 7.89. The molecule has 0 aliphatic carbocycles. The van der Waals surface area contributed by atoms with Gasteiger partial charge >= 0.3 is 6.18 Å². The van der Waals surface area contributed by atoms with Crippen molar-refractivity contribution in [2.75, 3.05) is 18.4 Å². The van der Waals surface area contributed by atoms with Crippen LogP contribution in [0.3, 0.4) is 0 Å². The average molecular weight is 479 g/mol. The van der Waals surface area contributed by atoms with Gasteiger partial charge in [0.15, 0.2) is 5.69 Å². The molecular weight excluding hydrogens is 459 g/mol. The maximum atomic E-state index is 13.2. The van der Waals surface area contributed by atoms with Gasteiger partial charge in [-0.25, -0.2) is 13.1 Å². The van der Waals surface area contributed by atoms with E-state index in [1.165, 1.54) is 46.8 Å². The van der Waals surface area contributed by atoms with Crippen molar-refractivity contribution >= 4 is 21.6 Å². The van der Waals surface area contributed by atoms with E-state index in [1.54, 1.807) is 0 Å². The summed E-state index contributed by atoms with van der Waals surface area (Å²) in [4.78, 5) is 12.6. The van der Waals surface area contributed by atoms with Crippen LogP contribution in [0.4, 0.5) is 18.9 Å². The van der Waals surface area contributed by atoms with Gasteiger partial charge in [0.05, 0.1) is 22.3 Å². The zero-order chi connectivity index (χ0) is 23.6. The number of piperidine rings is 1. The van der Waals surface area contributed by atoms with Crippen molar-refractivity contribution in [3.63, 3.8) is 0 Å². The van der Waals surface area contributed by atoms with Gasteiger partial charge < -0.3 is 5.32 Å². The number of hydrogen-bond acceptors (Lipinski definition) is 5. The first-order valence-electron chi connectivity index (χ1n) is 10.2. The SMILES string of the molecule is O=C(Nc1ccc(S(=O)(=O)N2CCCCC2)cc1)c1cn(-c2ccccc2C(F)(F)F)nn1. The number of nitrogens with zero attached hydrogens (tertiary/aromatic N) is 4. The van der Waals surface area contributed by atoms with Crippen molar-refractivity contribution in [2.24, 2.45) is 0 Å². The van der Waals surface area contributed by atoms with Gasteiger partial charge in [0.1, 0.15) is 0 Å². The van der Waals surface area contributed by atoms with E-state index in [0.29, 0.717) is 18.8 Å². The van der Waals surface area contributed by atoms with Crippen LogP contribution in [0.1, 0.15) is 35.3 Å². The molecule has 1 aromatic heterocycles. The molecular formula is C21H20F3N5O3S. The first-order valence-corrected chi connectivity index (χ1v) is 11.6. The van der Waals surface area contributed by atoms with Gasteiger partial charge in [-0.05, 0) is 49.2 Å². The monoisotopic (exact) mass is 479 g/mol. The second-order valence-corrected chi connectivity index (χ2v) is 9.44. The summed E-state index contributed by atoms with van der Waals surface area (Å²) >= 11 is 0. The minimum Gasteiger partial charge on any atom is -0.321 e. The molecule has 2 heterocycles. The Morgan fingerprint density at radius 1 is 0.970 bits per heavy atom. The molecule has 1 amide bonds. The van der Waals surface area contributed by atoms with E-state index in [4.69, 9.17) is 0 Å². The number of amides is 1. The second kappa shape index (κ2) is 8.94. The Balaban J connectivity index is 1.48. The molecule has 0 atom stereocenters. The van der Waals surface area contributed by atoms with Crippen LogP contribution < -0.4 is 5.32 Å². The third-order valence-corrected chi connectivity index (χ3v) is 7.16. The predicted octanol–water partition coefficient (Wildman–Crippen LogP) is 3.71. The van der Waals surface area contributed by atoms with Crippen LogP contribution in [-0.4, -0.2) is 46.7 Å². The van der Waals surface area contributed by atoms with E-state index in [0.717, 1.165) is 36.2 Å². The Hall–Kier alpha value is -3.25. The standard InChI is InChI=1S/C21H20F3N5O3S/c22-21(23,24)17-6-2-3-7-19(17)29-14-18(26-27-29)20(30)25-15-8-10-16(11-9-15)33(31,32)28-12-4-1-5-13-28/h2-3,6-11,14H,1,4-5,12-13H2,(H,25,30). The maximum Gasteiger partial charge on any atom is 0.418 e. The summed E-state index contributed by atoms with van der Waals surface area (Å²) in [5.74, 6) is -0.697. The minimum atomic E-state index is -4.60. The van der Waals surface area contributed by atoms with Crippen molar-refractivity contribution in [3.05, 3.63) is 66.0 Å². The van der Waals surface area contributed by atoms with E-state index in [1.807, 2.05) is 0 Å². The van der Waals surface area contributed by atoms with Gasteiger partial charge in [0.25, 0.3) is 5.91 Å². The molecule has 174 valence electrons. The molecule has 1 aliphatic heterocycles. The molecule has 1 fully saturated rings. The van der Waals surface area contributed by atoms with E-state index in [9.17, 15) is 26.4 Å². The fourth-order valence-corrected chi connectivity index (χ4v) is 5.08. The normalized spacial score (nSPS) is 15.4. The van der Waals surface area contributed by atoms with E-state index in [2.05, 4.69) is 15.6 Å². The Bertz CT molecular complexity index is 1250. The highest BCUT2D eigenvalue weighted by Crippen LogP contribution is 2.33. The number of para-hydroxylation sites is 1. The van der Waals surface area contributed by atoms with E-state index in [-0.39, 0.29) is 16.3 Å². The third kappa shape index (κ3) is 4.91. The molecule has 1 saturated heterocycles. The van der Waals surface area contributed by atoms with E-state index >= 15 is 0 Å². The first-order chi connectivity index (χ1) is 15.7. The summed E-state index contributed by atoms with van der Waals surface area (Å²) in [5.41, 5.74) is -1.06. The molecule has 0 saturated carbocycles. The summed E-state index contributed by atoms with van der Waals surface area (Å²) in [6, 6.07) is 10.5. The van der Waals surface area contributed by atoms with Crippen LogP contribution in [0.15, 0.2) is 59.6 Å². The lowest BCUT2D eigenvalue weighted by atomic mass is 10.1. The predicted molar refractivity (Wildman–Crippen MR) is 113 cm³/mol. The number of aromatic nitrogens is 3. The van der Waals surface area contributed by atoms with Crippen LogP contribution in [0.2, 0.25) is 0 Å². The zero-order valence-electron chi connectivity index (χ0n) is 17.3. The van der Waals surface area contributed by atoms with Gasteiger partial charge in [0.2, 0.25) is 10.0 Å². The van der Waals surface area contributed by atoms with Gasteiger partial charge in [-0.3, -0.25) is 4.79 Å².